The van der Waals surface area contributed by atoms with Gasteiger partial charge in [0.05, 0.1) is 5.71 Å². The largest absolute Gasteiger partial charge is 0.382 e. The molecule has 1 heterocycles. The first kappa shape index (κ1) is 16.0. The molecule has 0 aliphatic carbocycles. The van der Waals surface area contributed by atoms with Crippen molar-refractivity contribution in [2.45, 2.75) is 38.8 Å². The third kappa shape index (κ3) is 4.07. The SMILES string of the molecule is CCCNC(=O)[C@@H](C)NC(=O)[C@@H]1CC(c2ccccc2)=NO1. The third-order valence-corrected chi connectivity index (χ3v) is 3.37. The van der Waals surface area contributed by atoms with Gasteiger partial charge in [-0.1, -0.05) is 42.4 Å². The molecular formula is C16H21N3O3. The number of nitrogens with zero attached hydrogens (tertiary/aromatic N) is 1. The number of hydrogen-bond donors (Lipinski definition) is 2. The second-order valence-electron chi connectivity index (χ2n) is 5.22. The van der Waals surface area contributed by atoms with Gasteiger partial charge < -0.3 is 15.5 Å². The Morgan fingerprint density at radius 2 is 2.09 bits per heavy atom. The molecule has 2 rings (SSSR count). The van der Waals surface area contributed by atoms with Crippen LogP contribution in [-0.2, 0) is 14.4 Å². The summed E-state index contributed by atoms with van der Waals surface area (Å²) >= 11 is 0. The van der Waals surface area contributed by atoms with Crippen LogP contribution in [0.2, 0.25) is 0 Å². The molecular weight excluding hydrogens is 282 g/mol. The monoisotopic (exact) mass is 303 g/mol. The lowest BCUT2D eigenvalue weighted by Gasteiger charge is -2.15. The Morgan fingerprint density at radius 3 is 2.77 bits per heavy atom. The molecule has 2 atom stereocenters. The minimum Gasteiger partial charge on any atom is -0.382 e. The van der Waals surface area contributed by atoms with Crippen LogP contribution in [-0.4, -0.2) is 36.2 Å². The quantitative estimate of drug-likeness (QED) is 0.829. The molecule has 6 heteroatoms. The van der Waals surface area contributed by atoms with E-state index in [1.54, 1.807) is 6.92 Å². The van der Waals surface area contributed by atoms with Crippen LogP contribution in [0, 0.1) is 0 Å². The van der Waals surface area contributed by atoms with E-state index in [0.29, 0.717) is 13.0 Å². The van der Waals surface area contributed by atoms with E-state index in [1.165, 1.54) is 0 Å². The van der Waals surface area contributed by atoms with Gasteiger partial charge in [-0.25, -0.2) is 0 Å². The van der Waals surface area contributed by atoms with Gasteiger partial charge in [-0.05, 0) is 18.9 Å². The molecule has 2 N–H and O–H groups in total. The van der Waals surface area contributed by atoms with Crippen LogP contribution in [0.3, 0.4) is 0 Å². The lowest BCUT2D eigenvalue weighted by atomic mass is 10.0. The van der Waals surface area contributed by atoms with Crippen molar-refractivity contribution < 1.29 is 14.4 Å². The standard InChI is InChI=1S/C16H21N3O3/c1-3-9-17-15(20)11(2)18-16(21)14-10-13(19-22-14)12-7-5-4-6-8-12/h4-8,11,14H,3,9-10H2,1-2H3,(H,17,20)(H,18,21)/t11-,14+/m1/s1. The number of amides is 2. The van der Waals surface area contributed by atoms with E-state index in [0.717, 1.165) is 17.7 Å². The van der Waals surface area contributed by atoms with Crippen molar-refractivity contribution in [3.63, 3.8) is 0 Å². The van der Waals surface area contributed by atoms with Gasteiger partial charge in [-0.15, -0.1) is 0 Å². The van der Waals surface area contributed by atoms with E-state index < -0.39 is 12.1 Å². The highest BCUT2D eigenvalue weighted by atomic mass is 16.6. The number of rotatable bonds is 6. The number of hydrogen-bond acceptors (Lipinski definition) is 4. The fourth-order valence-corrected chi connectivity index (χ4v) is 2.09. The van der Waals surface area contributed by atoms with Crippen LogP contribution in [0.5, 0.6) is 0 Å². The van der Waals surface area contributed by atoms with Crippen LogP contribution >= 0.6 is 0 Å². The smallest absolute Gasteiger partial charge is 0.264 e. The van der Waals surface area contributed by atoms with E-state index >= 15 is 0 Å². The van der Waals surface area contributed by atoms with Gasteiger partial charge in [0.2, 0.25) is 12.0 Å². The minimum absolute atomic E-state index is 0.197. The first-order chi connectivity index (χ1) is 10.6. The van der Waals surface area contributed by atoms with E-state index in [9.17, 15) is 9.59 Å². The van der Waals surface area contributed by atoms with Crippen molar-refractivity contribution in [2.75, 3.05) is 6.54 Å². The van der Waals surface area contributed by atoms with Gasteiger partial charge in [0.25, 0.3) is 5.91 Å². The molecule has 118 valence electrons. The Morgan fingerprint density at radius 1 is 1.36 bits per heavy atom. The van der Waals surface area contributed by atoms with Gasteiger partial charge in [-0.3, -0.25) is 9.59 Å². The number of benzene rings is 1. The Balaban J connectivity index is 1.84. The van der Waals surface area contributed by atoms with Crippen LogP contribution in [0.1, 0.15) is 32.3 Å². The Hall–Kier alpha value is -2.37. The molecule has 2 amide bonds. The highest BCUT2D eigenvalue weighted by molar-refractivity contribution is 6.04. The number of carbonyl (C=O) groups excluding carboxylic acids is 2. The molecule has 1 aromatic carbocycles. The zero-order chi connectivity index (χ0) is 15.9. The van der Waals surface area contributed by atoms with Crippen molar-refractivity contribution >= 4 is 17.5 Å². The fraction of sp³-hybridized carbons (Fsp3) is 0.438. The first-order valence-corrected chi connectivity index (χ1v) is 7.48. The molecule has 0 unspecified atom stereocenters. The lowest BCUT2D eigenvalue weighted by molar-refractivity contribution is -0.135. The van der Waals surface area contributed by atoms with Gasteiger partial charge in [0.1, 0.15) is 6.04 Å². The average Bonchev–Trinajstić information content (AvgIpc) is 3.03. The second kappa shape index (κ2) is 7.59. The summed E-state index contributed by atoms with van der Waals surface area (Å²) in [7, 11) is 0. The van der Waals surface area contributed by atoms with Crippen molar-refractivity contribution in [1.29, 1.82) is 0 Å². The number of nitrogens with one attached hydrogen (secondary N) is 2. The van der Waals surface area contributed by atoms with Crippen molar-refractivity contribution in [2.24, 2.45) is 5.16 Å². The van der Waals surface area contributed by atoms with Crippen LogP contribution < -0.4 is 10.6 Å². The first-order valence-electron chi connectivity index (χ1n) is 7.48. The maximum absolute atomic E-state index is 12.1. The van der Waals surface area contributed by atoms with Crippen LogP contribution in [0.4, 0.5) is 0 Å². The zero-order valence-electron chi connectivity index (χ0n) is 12.8. The molecule has 0 radical (unpaired) electrons. The van der Waals surface area contributed by atoms with Crippen molar-refractivity contribution in [3.05, 3.63) is 35.9 Å². The summed E-state index contributed by atoms with van der Waals surface area (Å²) < 4.78 is 0. The zero-order valence-corrected chi connectivity index (χ0v) is 12.8. The van der Waals surface area contributed by atoms with E-state index in [2.05, 4.69) is 15.8 Å². The Labute approximate surface area is 129 Å². The number of oxime groups is 1. The summed E-state index contributed by atoms with van der Waals surface area (Å²) in [5.41, 5.74) is 1.68. The van der Waals surface area contributed by atoms with Gasteiger partial charge in [0, 0.05) is 13.0 Å². The molecule has 1 aromatic rings. The van der Waals surface area contributed by atoms with Gasteiger partial charge in [-0.2, -0.15) is 0 Å². The normalized spacial score (nSPS) is 18.1. The lowest BCUT2D eigenvalue weighted by Crippen LogP contribution is -2.48. The molecule has 1 aliphatic rings. The highest BCUT2D eigenvalue weighted by Gasteiger charge is 2.30. The maximum Gasteiger partial charge on any atom is 0.264 e. The summed E-state index contributed by atoms with van der Waals surface area (Å²) in [6, 6.07) is 8.98. The van der Waals surface area contributed by atoms with E-state index in [4.69, 9.17) is 4.84 Å². The summed E-state index contributed by atoms with van der Waals surface area (Å²) in [6.45, 7) is 4.22. The molecule has 0 fully saturated rings. The molecule has 0 saturated carbocycles. The maximum atomic E-state index is 12.1. The predicted octanol–water partition coefficient (Wildman–Crippen LogP) is 1.21. The topological polar surface area (TPSA) is 79.8 Å². The summed E-state index contributed by atoms with van der Waals surface area (Å²) in [5, 5.41) is 9.36. The molecule has 0 saturated heterocycles. The number of carbonyl (C=O) groups is 2. The molecule has 22 heavy (non-hydrogen) atoms. The summed E-state index contributed by atoms with van der Waals surface area (Å²) in [4.78, 5) is 29.1. The van der Waals surface area contributed by atoms with E-state index in [-0.39, 0.29) is 11.8 Å². The van der Waals surface area contributed by atoms with Crippen molar-refractivity contribution in [1.82, 2.24) is 10.6 Å². The molecule has 1 aliphatic heterocycles. The Kier molecular flexibility index (Phi) is 5.52. The fourth-order valence-electron chi connectivity index (χ4n) is 2.09. The second-order valence-corrected chi connectivity index (χ2v) is 5.22. The summed E-state index contributed by atoms with van der Waals surface area (Å²) in [6.07, 6.45) is 0.572. The van der Waals surface area contributed by atoms with Gasteiger partial charge >= 0.3 is 0 Å². The molecule has 0 aromatic heterocycles. The summed E-state index contributed by atoms with van der Waals surface area (Å²) in [5.74, 6) is -0.522. The highest BCUT2D eigenvalue weighted by Crippen LogP contribution is 2.16. The average molecular weight is 303 g/mol. The van der Waals surface area contributed by atoms with Gasteiger partial charge in [0.15, 0.2) is 0 Å². The molecule has 0 bridgehead atoms. The van der Waals surface area contributed by atoms with E-state index in [1.807, 2.05) is 37.3 Å². The Bertz CT molecular complexity index is 557. The van der Waals surface area contributed by atoms with Crippen molar-refractivity contribution in [3.8, 4) is 0 Å². The van der Waals surface area contributed by atoms with Crippen LogP contribution in [0.15, 0.2) is 35.5 Å². The predicted molar refractivity (Wildman–Crippen MR) is 83.4 cm³/mol. The third-order valence-electron chi connectivity index (χ3n) is 3.37. The molecule has 0 spiro atoms. The minimum atomic E-state index is -0.684. The van der Waals surface area contributed by atoms with Crippen LogP contribution in [0.25, 0.3) is 0 Å². The molecule has 6 nitrogen and oxygen atoms in total.